The highest BCUT2D eigenvalue weighted by molar-refractivity contribution is 7.89. The number of hydrogen-bond donors (Lipinski definition) is 2. The third-order valence-corrected chi connectivity index (χ3v) is 5.84. The van der Waals surface area contributed by atoms with Crippen LogP contribution in [-0.2, 0) is 10.0 Å². The Morgan fingerprint density at radius 2 is 1.87 bits per heavy atom. The van der Waals surface area contributed by atoms with E-state index in [-0.39, 0.29) is 11.4 Å². The minimum atomic E-state index is -3.64. The highest BCUT2D eigenvalue weighted by Crippen LogP contribution is 2.20. The number of nitrogens with one attached hydrogen (secondary N) is 2. The number of aryl methyl sites for hydroxylation is 2. The average Bonchev–Trinajstić information content (AvgIpc) is 3.43. The summed E-state index contributed by atoms with van der Waals surface area (Å²) in [6, 6.07) is 10.0. The van der Waals surface area contributed by atoms with Crippen molar-refractivity contribution in [1.29, 1.82) is 0 Å². The molecule has 0 atom stereocenters. The van der Waals surface area contributed by atoms with Crippen LogP contribution in [0.5, 0.6) is 0 Å². The van der Waals surface area contributed by atoms with Gasteiger partial charge in [0, 0.05) is 44.0 Å². The van der Waals surface area contributed by atoms with Crippen LogP contribution in [0.4, 0.5) is 5.82 Å². The van der Waals surface area contributed by atoms with Gasteiger partial charge in [0.25, 0.3) is 0 Å². The van der Waals surface area contributed by atoms with Gasteiger partial charge >= 0.3 is 0 Å². The summed E-state index contributed by atoms with van der Waals surface area (Å²) in [5, 5.41) is 7.26. The zero-order valence-corrected chi connectivity index (χ0v) is 17.8. The van der Waals surface area contributed by atoms with Gasteiger partial charge < -0.3 is 9.73 Å². The first kappa shape index (κ1) is 20.7. The van der Waals surface area contributed by atoms with Gasteiger partial charge in [-0.3, -0.25) is 0 Å². The minimum absolute atomic E-state index is 0.176. The maximum Gasteiger partial charge on any atom is 0.240 e. The van der Waals surface area contributed by atoms with Crippen molar-refractivity contribution >= 4 is 15.8 Å². The lowest BCUT2D eigenvalue weighted by molar-refractivity contribution is 0.521. The second-order valence-corrected chi connectivity index (χ2v) is 8.48. The van der Waals surface area contributed by atoms with Crippen LogP contribution in [0.2, 0.25) is 0 Å². The molecule has 0 aliphatic rings. The zero-order chi connectivity index (χ0) is 21.8. The molecule has 2 N–H and O–H groups in total. The summed E-state index contributed by atoms with van der Waals surface area (Å²) in [6.07, 6.45) is 4.99. The van der Waals surface area contributed by atoms with Crippen LogP contribution >= 0.6 is 0 Å². The van der Waals surface area contributed by atoms with Gasteiger partial charge in [0.15, 0.2) is 11.7 Å². The molecular weight excluding hydrogens is 418 g/mol. The topological polar surface area (TPSA) is 128 Å². The SMILES string of the molecule is Cc1nc(NCCNS(=O)(=O)c2ccc(-c3coc(C)n3)cc2)cc(-n2cccn2)n1. The van der Waals surface area contributed by atoms with Crippen molar-refractivity contribution in [2.24, 2.45) is 0 Å². The fraction of sp³-hybridized carbons (Fsp3) is 0.200. The van der Waals surface area contributed by atoms with E-state index in [4.69, 9.17) is 4.42 Å². The first-order valence-corrected chi connectivity index (χ1v) is 11.0. The lowest BCUT2D eigenvalue weighted by atomic mass is 10.2. The normalized spacial score (nSPS) is 11.5. The van der Waals surface area contributed by atoms with E-state index in [1.807, 2.05) is 0 Å². The number of aromatic nitrogens is 5. The molecule has 0 aliphatic carbocycles. The predicted octanol–water partition coefficient (Wildman–Crippen LogP) is 2.32. The van der Waals surface area contributed by atoms with Gasteiger partial charge in [0.1, 0.15) is 23.6 Å². The third kappa shape index (κ3) is 4.95. The van der Waals surface area contributed by atoms with E-state index in [1.165, 1.54) is 6.26 Å². The average molecular weight is 440 g/mol. The van der Waals surface area contributed by atoms with Crippen LogP contribution in [0.25, 0.3) is 17.1 Å². The number of nitrogens with zero attached hydrogens (tertiary/aromatic N) is 5. The van der Waals surface area contributed by atoms with Gasteiger partial charge in [0.2, 0.25) is 10.0 Å². The standard InChI is InChI=1S/C20H21N7O3S/c1-14-24-19(12-20(25-14)27-11-3-8-22-27)21-9-10-23-31(28,29)17-6-4-16(5-7-17)18-13-30-15(2)26-18/h3-8,11-13,23H,9-10H2,1-2H3,(H,21,24,25). The second kappa shape index (κ2) is 8.66. The third-order valence-electron chi connectivity index (χ3n) is 4.37. The van der Waals surface area contributed by atoms with Crippen molar-refractivity contribution in [2.75, 3.05) is 18.4 Å². The molecule has 0 spiro atoms. The van der Waals surface area contributed by atoms with Gasteiger partial charge in [0.05, 0.1) is 4.90 Å². The molecule has 0 saturated heterocycles. The van der Waals surface area contributed by atoms with Crippen LogP contribution in [0.15, 0.2) is 64.4 Å². The zero-order valence-electron chi connectivity index (χ0n) is 17.0. The molecule has 3 aromatic heterocycles. The molecule has 11 heteroatoms. The van der Waals surface area contributed by atoms with Crippen LogP contribution in [0.3, 0.4) is 0 Å². The van der Waals surface area contributed by atoms with E-state index in [9.17, 15) is 8.42 Å². The molecule has 160 valence electrons. The molecule has 4 rings (SSSR count). The summed E-state index contributed by atoms with van der Waals surface area (Å²) in [4.78, 5) is 13.1. The lowest BCUT2D eigenvalue weighted by Gasteiger charge is -2.10. The monoisotopic (exact) mass is 439 g/mol. The van der Waals surface area contributed by atoms with Crippen molar-refractivity contribution in [2.45, 2.75) is 18.7 Å². The van der Waals surface area contributed by atoms with Crippen molar-refractivity contribution in [3.05, 3.63) is 66.8 Å². The lowest BCUT2D eigenvalue weighted by Crippen LogP contribution is -2.29. The van der Waals surface area contributed by atoms with Crippen LogP contribution in [-0.4, -0.2) is 46.2 Å². The first-order valence-electron chi connectivity index (χ1n) is 9.52. The quantitative estimate of drug-likeness (QED) is 0.400. The largest absolute Gasteiger partial charge is 0.449 e. The Labute approximate surface area is 179 Å². The number of rotatable bonds is 8. The van der Waals surface area contributed by atoms with Crippen LogP contribution < -0.4 is 10.0 Å². The Balaban J connectivity index is 1.35. The Kier molecular flexibility index (Phi) is 5.78. The minimum Gasteiger partial charge on any atom is -0.449 e. The molecule has 0 amide bonds. The van der Waals surface area contributed by atoms with Crippen LogP contribution in [0, 0.1) is 13.8 Å². The summed E-state index contributed by atoms with van der Waals surface area (Å²) in [5.74, 6) is 2.35. The highest BCUT2D eigenvalue weighted by Gasteiger charge is 2.14. The molecule has 10 nitrogen and oxygen atoms in total. The number of hydrogen-bond acceptors (Lipinski definition) is 8. The molecule has 0 saturated carbocycles. The molecule has 0 radical (unpaired) electrons. The molecule has 0 unspecified atom stereocenters. The summed E-state index contributed by atoms with van der Waals surface area (Å²) < 4.78 is 34.5. The number of benzene rings is 1. The van der Waals surface area contributed by atoms with Crippen molar-refractivity contribution in [3.8, 4) is 17.1 Å². The second-order valence-electron chi connectivity index (χ2n) is 6.71. The summed E-state index contributed by atoms with van der Waals surface area (Å²) in [5.41, 5.74) is 1.44. The van der Waals surface area contributed by atoms with Gasteiger partial charge in [-0.15, -0.1) is 0 Å². The van der Waals surface area contributed by atoms with Crippen molar-refractivity contribution < 1.29 is 12.8 Å². The number of oxazole rings is 1. The summed E-state index contributed by atoms with van der Waals surface area (Å²) in [7, 11) is -3.64. The van der Waals surface area contributed by atoms with Crippen molar-refractivity contribution in [3.63, 3.8) is 0 Å². The smallest absolute Gasteiger partial charge is 0.240 e. The van der Waals surface area contributed by atoms with Gasteiger partial charge in [-0.25, -0.2) is 32.8 Å². The highest BCUT2D eigenvalue weighted by atomic mass is 32.2. The molecule has 4 aromatic rings. The molecule has 1 aromatic carbocycles. The fourth-order valence-corrected chi connectivity index (χ4v) is 3.96. The van der Waals surface area contributed by atoms with Gasteiger partial charge in [-0.2, -0.15) is 5.10 Å². The van der Waals surface area contributed by atoms with E-state index in [2.05, 4.69) is 30.1 Å². The first-order chi connectivity index (χ1) is 14.9. The Bertz CT molecular complexity index is 1270. The molecule has 3 heterocycles. The summed E-state index contributed by atoms with van der Waals surface area (Å²) >= 11 is 0. The maximum absolute atomic E-state index is 12.5. The van der Waals surface area contributed by atoms with E-state index in [0.717, 1.165) is 5.56 Å². The maximum atomic E-state index is 12.5. The molecule has 0 fully saturated rings. The van der Waals surface area contributed by atoms with E-state index >= 15 is 0 Å². The van der Waals surface area contributed by atoms with E-state index < -0.39 is 10.0 Å². The Morgan fingerprint density at radius 3 is 2.55 bits per heavy atom. The number of sulfonamides is 1. The molecule has 0 bridgehead atoms. The molecular formula is C20H21N7O3S. The molecule has 0 aliphatic heterocycles. The molecule has 31 heavy (non-hydrogen) atoms. The number of anilines is 1. The van der Waals surface area contributed by atoms with Crippen molar-refractivity contribution in [1.82, 2.24) is 29.5 Å². The fourth-order valence-electron chi connectivity index (χ4n) is 2.92. The van der Waals surface area contributed by atoms with Gasteiger partial charge in [-0.1, -0.05) is 12.1 Å². The van der Waals surface area contributed by atoms with Crippen LogP contribution in [0.1, 0.15) is 11.7 Å². The van der Waals surface area contributed by atoms with E-state index in [1.54, 1.807) is 67.3 Å². The Hall–Kier alpha value is -3.57. The van der Waals surface area contributed by atoms with Gasteiger partial charge in [-0.05, 0) is 25.1 Å². The van der Waals surface area contributed by atoms with E-state index in [0.29, 0.717) is 35.6 Å². The summed E-state index contributed by atoms with van der Waals surface area (Å²) in [6.45, 7) is 4.07. The Morgan fingerprint density at radius 1 is 1.06 bits per heavy atom. The predicted molar refractivity (Wildman–Crippen MR) is 114 cm³/mol.